The van der Waals surface area contributed by atoms with Gasteiger partial charge in [0.15, 0.2) is 0 Å². The van der Waals surface area contributed by atoms with Crippen molar-refractivity contribution >= 4 is 32.6 Å². The van der Waals surface area contributed by atoms with Crippen LogP contribution < -0.4 is 24.8 Å². The maximum atomic E-state index is 9.79. The van der Waals surface area contributed by atoms with Crippen LogP contribution in [0, 0.1) is 0 Å². The molecule has 0 aromatic rings. The zero-order valence-electron chi connectivity index (χ0n) is 33.0. The Morgan fingerprint density at radius 2 is 0.273 bits per heavy atom. The Labute approximate surface area is 322 Å². The van der Waals surface area contributed by atoms with Crippen LogP contribution in [0.3, 0.4) is 0 Å². The van der Waals surface area contributed by atoms with Crippen LogP contribution in [0.2, 0.25) is 0 Å². The van der Waals surface area contributed by atoms with E-state index in [0.717, 1.165) is 0 Å². The largest absolute Gasteiger partial charge is 2.00 e. The van der Waals surface area contributed by atoms with E-state index in [0.29, 0.717) is 0 Å². The van der Waals surface area contributed by atoms with Gasteiger partial charge in [-0.3, -0.25) is 0 Å². The van der Waals surface area contributed by atoms with Gasteiger partial charge in [-0.25, -0.2) is 0 Å². The van der Waals surface area contributed by atoms with Crippen LogP contribution >= 0.6 is 32.6 Å². The zero-order chi connectivity index (χ0) is 34.3. The minimum Gasteiger partial charge on any atom is -1.00 e. The third-order valence-electron chi connectivity index (χ3n) is 5.08. The van der Waals surface area contributed by atoms with Gasteiger partial charge in [0.25, 0.3) is 0 Å². The number of rotatable bonds is 0. The van der Waals surface area contributed by atoms with Crippen molar-refractivity contribution in [3.63, 3.8) is 0 Å². The van der Waals surface area contributed by atoms with Gasteiger partial charge in [0.05, 0.1) is 0 Å². The third kappa shape index (κ3) is 33.9. The van der Waals surface area contributed by atoms with Crippen LogP contribution in [-0.4, -0.2) is 60.8 Å². The first-order valence-corrected chi connectivity index (χ1v) is 19.8. The van der Waals surface area contributed by atoms with Crippen molar-refractivity contribution in [1.82, 2.24) is 0 Å². The molecule has 0 heterocycles. The summed E-state index contributed by atoms with van der Waals surface area (Å²) in [6.07, 6.45) is 0. The van der Waals surface area contributed by atoms with E-state index in [9.17, 15) is 19.6 Å². The summed E-state index contributed by atoms with van der Waals surface area (Å²) in [7, 11) is -3.45. The van der Waals surface area contributed by atoms with Gasteiger partial charge in [-0.15, -0.1) is 0 Å². The quantitative estimate of drug-likeness (QED) is 0.181. The molecular weight excluding hydrogens is 856 g/mol. The molecule has 0 aromatic heterocycles. The molecule has 0 rings (SSSR count). The predicted octanol–water partition coefficient (Wildman–Crippen LogP) is 5.89. The molecule has 0 spiro atoms. The number of hydrogen-bond acceptors (Lipinski definition) is 4. The van der Waals surface area contributed by atoms with Crippen LogP contribution in [0.4, 0.5) is 0 Å². The van der Waals surface area contributed by atoms with Gasteiger partial charge in [-0.05, 0) is 0 Å². The molecule has 12 heteroatoms. The molecule has 280 valence electrons. The SMILES string of the molecule is CC(C)(C)P(O)C(C)(C)C.CC(C)(C)P(O)C(C)(C)C.CC(C)(C)P(O)C(C)(C)C.CC(C)(C)P(O)C(C)(C)C.[Cl-].[Cl-].[Pd+2].[Pd+2]. The van der Waals surface area contributed by atoms with Crippen molar-refractivity contribution in [3.05, 3.63) is 0 Å². The first-order valence-electron chi connectivity index (χ1n) is 14.6. The Morgan fingerprint density at radius 1 is 0.227 bits per heavy atom. The molecule has 4 nitrogen and oxygen atoms in total. The van der Waals surface area contributed by atoms with E-state index in [2.05, 4.69) is 166 Å². The van der Waals surface area contributed by atoms with Crippen LogP contribution in [-0.2, 0) is 40.8 Å². The van der Waals surface area contributed by atoms with Crippen LogP contribution in [0.25, 0.3) is 0 Å². The Balaban J connectivity index is -0.0000000635. The maximum absolute atomic E-state index is 9.79. The Morgan fingerprint density at radius 3 is 0.273 bits per heavy atom. The molecular formula is C32H76Cl2O4P4Pd2+2. The van der Waals surface area contributed by atoms with E-state index < -0.39 is 32.6 Å². The first kappa shape index (κ1) is 65.8. The minimum absolute atomic E-state index is 0. The second kappa shape index (κ2) is 23.8. The summed E-state index contributed by atoms with van der Waals surface area (Å²) in [5.41, 5.74) is 0. The predicted molar refractivity (Wildman–Crippen MR) is 195 cm³/mol. The van der Waals surface area contributed by atoms with Crippen LogP contribution in [0.1, 0.15) is 166 Å². The monoisotopic (exact) mass is 930 g/mol. The van der Waals surface area contributed by atoms with Gasteiger partial charge < -0.3 is 44.4 Å². The molecule has 0 amide bonds. The minimum atomic E-state index is -0.863. The summed E-state index contributed by atoms with van der Waals surface area (Å²) >= 11 is 0. The van der Waals surface area contributed by atoms with Crippen molar-refractivity contribution in [2.75, 3.05) is 0 Å². The fourth-order valence-corrected chi connectivity index (χ4v) is 12.1. The van der Waals surface area contributed by atoms with Crippen LogP contribution in [0.15, 0.2) is 0 Å². The van der Waals surface area contributed by atoms with E-state index >= 15 is 0 Å². The average Bonchev–Trinajstić information content (AvgIpc) is 2.61. The van der Waals surface area contributed by atoms with E-state index in [1.54, 1.807) is 0 Å². The van der Waals surface area contributed by atoms with Crippen molar-refractivity contribution in [3.8, 4) is 0 Å². The van der Waals surface area contributed by atoms with Crippen molar-refractivity contribution in [2.24, 2.45) is 0 Å². The van der Waals surface area contributed by atoms with Gasteiger partial charge >= 0.3 is 40.8 Å². The Bertz CT molecular complexity index is 517. The van der Waals surface area contributed by atoms with E-state index in [1.165, 1.54) is 0 Å². The molecule has 44 heavy (non-hydrogen) atoms. The van der Waals surface area contributed by atoms with Gasteiger partial charge in [0, 0.05) is 73.8 Å². The molecule has 0 aliphatic heterocycles. The van der Waals surface area contributed by atoms with E-state index in [-0.39, 0.29) is 107 Å². The Hall–Kier alpha value is 3.46. The summed E-state index contributed by atoms with van der Waals surface area (Å²) in [6.45, 7) is 50.1. The molecule has 0 unspecified atom stereocenters. The molecule has 0 atom stereocenters. The second-order valence-corrected chi connectivity index (χ2v) is 31.8. The maximum Gasteiger partial charge on any atom is 2.00 e. The van der Waals surface area contributed by atoms with E-state index in [4.69, 9.17) is 0 Å². The van der Waals surface area contributed by atoms with Gasteiger partial charge in [-0.1, -0.05) is 166 Å². The molecule has 0 aliphatic rings. The topological polar surface area (TPSA) is 80.9 Å². The summed E-state index contributed by atoms with van der Waals surface area (Å²) in [5, 5.41) is 0.505. The summed E-state index contributed by atoms with van der Waals surface area (Å²) in [4.78, 5) is 39.1. The Kier molecular flexibility index (Phi) is 35.7. The third-order valence-corrected chi connectivity index (χ3v) is 15.2. The fourth-order valence-electron chi connectivity index (χ4n) is 4.02. The normalized spacial score (nSPS) is 13.1. The van der Waals surface area contributed by atoms with Crippen molar-refractivity contribution in [1.29, 1.82) is 0 Å². The molecule has 0 aromatic carbocycles. The van der Waals surface area contributed by atoms with Gasteiger partial charge in [-0.2, -0.15) is 0 Å². The molecule has 0 aliphatic carbocycles. The molecule has 0 saturated carbocycles. The first-order chi connectivity index (χ1) is 16.6. The standard InChI is InChI=1S/4C8H19OP.2ClH.2Pd/c4*1-7(2,3)10(9)8(4,5)6;;;;/h4*9H,1-6H3;2*1H;;/q;;;;;;2*+2/p-2. The molecule has 0 radical (unpaired) electrons. The molecule has 0 bridgehead atoms. The van der Waals surface area contributed by atoms with Crippen LogP contribution in [0.5, 0.6) is 0 Å². The summed E-state index contributed by atoms with van der Waals surface area (Å²) in [6, 6.07) is 0. The van der Waals surface area contributed by atoms with Gasteiger partial charge in [0.2, 0.25) is 0 Å². The molecule has 0 fully saturated rings. The smallest absolute Gasteiger partial charge is 1.00 e. The number of halogens is 2. The average molecular weight is 933 g/mol. The second-order valence-electron chi connectivity index (χ2n) is 18.6. The molecule has 4 N–H and O–H groups in total. The van der Waals surface area contributed by atoms with Crippen molar-refractivity contribution in [2.45, 2.75) is 207 Å². The zero-order valence-corrected chi connectivity index (χ0v) is 41.2. The summed E-state index contributed by atoms with van der Waals surface area (Å²) < 4.78 is 0. The van der Waals surface area contributed by atoms with E-state index in [1.807, 2.05) is 0 Å². The van der Waals surface area contributed by atoms with Gasteiger partial charge in [0.1, 0.15) is 0 Å². The molecule has 0 saturated heterocycles. The van der Waals surface area contributed by atoms with Crippen molar-refractivity contribution < 1.29 is 85.2 Å². The fraction of sp³-hybridized carbons (Fsp3) is 1.00. The number of hydrogen-bond donors (Lipinski definition) is 4. The summed E-state index contributed by atoms with van der Waals surface area (Å²) in [5.74, 6) is 0.